The van der Waals surface area contributed by atoms with Gasteiger partial charge in [-0.15, -0.1) is 0 Å². The molecule has 3 nitrogen and oxygen atoms in total. The van der Waals surface area contributed by atoms with Crippen LogP contribution < -0.4 is 5.32 Å². The van der Waals surface area contributed by atoms with Crippen molar-refractivity contribution in [1.29, 1.82) is 0 Å². The molecule has 4 atom stereocenters. The minimum absolute atomic E-state index is 0.118. The maximum absolute atomic E-state index is 12.5. The Morgan fingerprint density at radius 1 is 1.26 bits per heavy atom. The maximum atomic E-state index is 12.5. The van der Waals surface area contributed by atoms with Crippen molar-refractivity contribution in [3.8, 4) is 0 Å². The van der Waals surface area contributed by atoms with Gasteiger partial charge in [0.15, 0.2) is 0 Å². The number of hydrogen-bond acceptors (Lipinski definition) is 2. The standard InChI is InChI=1S/C20H27NO2/c1-13(14-8-10-23-11-9-14)20(22)21-12-18-17-7-6-15-4-2-3-5-16(15)19(17)18/h2-5,13-14,17-19H,6-12H2,1H3,(H,21,22)/t13-,17+,18+,19+/m0/s1. The highest BCUT2D eigenvalue weighted by Gasteiger charge is 2.52. The normalized spacial score (nSPS) is 30.9. The second-order valence-corrected chi connectivity index (χ2v) is 7.57. The second-order valence-electron chi connectivity index (χ2n) is 7.57. The fraction of sp³-hybridized carbons (Fsp3) is 0.650. The van der Waals surface area contributed by atoms with E-state index in [1.807, 2.05) is 0 Å². The number of hydrogen-bond donors (Lipinski definition) is 1. The highest BCUT2D eigenvalue weighted by atomic mass is 16.5. The van der Waals surface area contributed by atoms with Gasteiger partial charge in [-0.1, -0.05) is 31.2 Å². The van der Waals surface area contributed by atoms with Crippen LogP contribution in [0, 0.1) is 23.7 Å². The number of nitrogens with one attached hydrogen (secondary N) is 1. The van der Waals surface area contributed by atoms with E-state index in [9.17, 15) is 4.79 Å². The highest BCUT2D eigenvalue weighted by molar-refractivity contribution is 5.78. The monoisotopic (exact) mass is 313 g/mol. The van der Waals surface area contributed by atoms with E-state index in [1.165, 1.54) is 18.4 Å². The Hall–Kier alpha value is -1.35. The molecule has 1 N–H and O–H groups in total. The van der Waals surface area contributed by atoms with Crippen molar-refractivity contribution in [3.63, 3.8) is 0 Å². The average Bonchev–Trinajstić information content (AvgIpc) is 3.33. The van der Waals surface area contributed by atoms with E-state index < -0.39 is 0 Å². The number of amides is 1. The largest absolute Gasteiger partial charge is 0.381 e. The van der Waals surface area contributed by atoms with E-state index in [2.05, 4.69) is 36.5 Å². The number of carbonyl (C=O) groups excluding carboxylic acids is 1. The number of carbonyl (C=O) groups is 1. The van der Waals surface area contributed by atoms with Crippen molar-refractivity contribution in [3.05, 3.63) is 35.4 Å². The molecule has 1 aliphatic heterocycles. The van der Waals surface area contributed by atoms with Crippen molar-refractivity contribution in [2.24, 2.45) is 23.7 Å². The lowest BCUT2D eigenvalue weighted by atomic mass is 9.87. The first-order valence-corrected chi connectivity index (χ1v) is 9.19. The molecule has 124 valence electrons. The minimum atomic E-state index is 0.118. The van der Waals surface area contributed by atoms with Crippen LogP contribution in [0.5, 0.6) is 0 Å². The molecule has 2 aliphatic carbocycles. The van der Waals surface area contributed by atoms with E-state index in [4.69, 9.17) is 4.74 Å². The van der Waals surface area contributed by atoms with Gasteiger partial charge in [0.2, 0.25) is 5.91 Å². The van der Waals surface area contributed by atoms with Crippen LogP contribution >= 0.6 is 0 Å². The minimum Gasteiger partial charge on any atom is -0.381 e. The van der Waals surface area contributed by atoms with Gasteiger partial charge in [-0.3, -0.25) is 4.79 Å². The molecular formula is C20H27NO2. The van der Waals surface area contributed by atoms with Crippen LogP contribution in [0.4, 0.5) is 0 Å². The molecule has 0 radical (unpaired) electrons. The van der Waals surface area contributed by atoms with Gasteiger partial charge in [0.25, 0.3) is 0 Å². The van der Waals surface area contributed by atoms with Crippen LogP contribution in [0.2, 0.25) is 0 Å². The van der Waals surface area contributed by atoms with Crippen molar-refractivity contribution < 1.29 is 9.53 Å². The van der Waals surface area contributed by atoms with Crippen molar-refractivity contribution in [2.75, 3.05) is 19.8 Å². The summed E-state index contributed by atoms with van der Waals surface area (Å²) in [7, 11) is 0. The molecule has 23 heavy (non-hydrogen) atoms. The fourth-order valence-electron chi connectivity index (χ4n) is 4.80. The Bertz CT molecular complexity index is 579. The zero-order valence-electron chi connectivity index (χ0n) is 14.0. The third-order valence-electron chi connectivity index (χ3n) is 6.39. The van der Waals surface area contributed by atoms with Gasteiger partial charge in [-0.2, -0.15) is 0 Å². The number of ether oxygens (including phenoxy) is 1. The zero-order valence-corrected chi connectivity index (χ0v) is 14.0. The van der Waals surface area contributed by atoms with Gasteiger partial charge in [0.1, 0.15) is 0 Å². The molecule has 2 fully saturated rings. The molecule has 0 spiro atoms. The summed E-state index contributed by atoms with van der Waals surface area (Å²) in [6, 6.07) is 8.86. The quantitative estimate of drug-likeness (QED) is 0.927. The van der Waals surface area contributed by atoms with E-state index >= 15 is 0 Å². The lowest BCUT2D eigenvalue weighted by Crippen LogP contribution is -2.36. The topological polar surface area (TPSA) is 38.3 Å². The smallest absolute Gasteiger partial charge is 0.223 e. The predicted octanol–water partition coefficient (Wildman–Crippen LogP) is 3.14. The number of rotatable bonds is 4. The molecule has 0 unspecified atom stereocenters. The first kappa shape index (κ1) is 15.2. The summed E-state index contributed by atoms with van der Waals surface area (Å²) >= 11 is 0. The van der Waals surface area contributed by atoms with Crippen LogP contribution in [0.3, 0.4) is 0 Å². The average molecular weight is 313 g/mol. The fourth-order valence-corrected chi connectivity index (χ4v) is 4.80. The molecule has 1 aromatic carbocycles. The first-order valence-electron chi connectivity index (χ1n) is 9.19. The molecule has 1 amide bonds. The third-order valence-corrected chi connectivity index (χ3v) is 6.39. The molecule has 0 bridgehead atoms. The Morgan fingerprint density at radius 2 is 2.04 bits per heavy atom. The summed E-state index contributed by atoms with van der Waals surface area (Å²) in [6.07, 6.45) is 4.55. The molecule has 1 aromatic rings. The van der Waals surface area contributed by atoms with Gasteiger partial charge in [-0.05, 0) is 60.5 Å². The van der Waals surface area contributed by atoms with E-state index in [0.717, 1.165) is 38.5 Å². The van der Waals surface area contributed by atoms with Crippen LogP contribution in [-0.2, 0) is 16.0 Å². The Morgan fingerprint density at radius 3 is 2.87 bits per heavy atom. The van der Waals surface area contributed by atoms with Crippen molar-refractivity contribution in [1.82, 2.24) is 5.32 Å². The predicted molar refractivity (Wildman–Crippen MR) is 90.2 cm³/mol. The lowest BCUT2D eigenvalue weighted by molar-refractivity contribution is -0.127. The van der Waals surface area contributed by atoms with Crippen LogP contribution in [0.15, 0.2) is 24.3 Å². The highest BCUT2D eigenvalue weighted by Crippen LogP contribution is 2.59. The molecule has 3 heteroatoms. The Kier molecular flexibility index (Phi) is 4.14. The van der Waals surface area contributed by atoms with Gasteiger partial charge < -0.3 is 10.1 Å². The van der Waals surface area contributed by atoms with Crippen LogP contribution in [-0.4, -0.2) is 25.7 Å². The zero-order chi connectivity index (χ0) is 15.8. The summed E-state index contributed by atoms with van der Waals surface area (Å²) in [5.74, 6) is 3.00. The van der Waals surface area contributed by atoms with Crippen LogP contribution in [0.1, 0.15) is 43.2 Å². The van der Waals surface area contributed by atoms with E-state index in [1.54, 1.807) is 5.56 Å². The van der Waals surface area contributed by atoms with Gasteiger partial charge in [0, 0.05) is 25.7 Å². The maximum Gasteiger partial charge on any atom is 0.223 e. The summed E-state index contributed by atoms with van der Waals surface area (Å²) < 4.78 is 5.40. The third kappa shape index (κ3) is 2.91. The second kappa shape index (κ2) is 6.27. The van der Waals surface area contributed by atoms with Gasteiger partial charge >= 0.3 is 0 Å². The first-order chi connectivity index (χ1) is 11.3. The van der Waals surface area contributed by atoms with Crippen molar-refractivity contribution in [2.45, 2.75) is 38.5 Å². The molecule has 0 aromatic heterocycles. The Labute approximate surface area is 138 Å². The lowest BCUT2D eigenvalue weighted by Gasteiger charge is -2.27. The van der Waals surface area contributed by atoms with E-state index in [0.29, 0.717) is 17.8 Å². The summed E-state index contributed by atoms with van der Waals surface area (Å²) in [4.78, 5) is 12.5. The molecule has 1 saturated carbocycles. The van der Waals surface area contributed by atoms with E-state index in [-0.39, 0.29) is 11.8 Å². The molecule has 1 heterocycles. The number of benzene rings is 1. The summed E-state index contributed by atoms with van der Waals surface area (Å²) in [5.41, 5.74) is 3.07. The molecule has 1 saturated heterocycles. The van der Waals surface area contributed by atoms with Gasteiger partial charge in [0.05, 0.1) is 0 Å². The molecule has 3 aliphatic rings. The molecular weight excluding hydrogens is 286 g/mol. The van der Waals surface area contributed by atoms with Crippen LogP contribution in [0.25, 0.3) is 0 Å². The molecule has 4 rings (SSSR count). The number of aryl methyl sites for hydroxylation is 1. The summed E-state index contributed by atoms with van der Waals surface area (Å²) in [6.45, 7) is 4.56. The Balaban J connectivity index is 1.31. The summed E-state index contributed by atoms with van der Waals surface area (Å²) in [5, 5.41) is 3.25. The number of fused-ring (bicyclic) bond motifs is 3. The SMILES string of the molecule is C[C@H](C(=O)NC[C@@H]1[C@H]2CCc3ccccc3[C@H]21)C1CCOCC1. The van der Waals surface area contributed by atoms with Crippen molar-refractivity contribution >= 4 is 5.91 Å². The van der Waals surface area contributed by atoms with Gasteiger partial charge in [-0.25, -0.2) is 0 Å².